The van der Waals surface area contributed by atoms with Gasteiger partial charge in [0.05, 0.1) is 23.1 Å². The van der Waals surface area contributed by atoms with Crippen molar-refractivity contribution in [3.8, 4) is 6.07 Å². The van der Waals surface area contributed by atoms with E-state index in [0.717, 1.165) is 5.56 Å². The van der Waals surface area contributed by atoms with Gasteiger partial charge in [-0.3, -0.25) is 0 Å². The highest BCUT2D eigenvalue weighted by atomic mass is 35.5. The van der Waals surface area contributed by atoms with Crippen LogP contribution in [-0.2, 0) is 0 Å². The molecule has 2 rings (SSSR count). The van der Waals surface area contributed by atoms with Crippen LogP contribution < -0.4 is 5.32 Å². The van der Waals surface area contributed by atoms with E-state index in [0.29, 0.717) is 21.6 Å². The summed E-state index contributed by atoms with van der Waals surface area (Å²) in [5, 5.41) is 12.8. The van der Waals surface area contributed by atoms with Crippen LogP contribution in [0.4, 0.5) is 11.5 Å². The lowest BCUT2D eigenvalue weighted by Gasteiger charge is -2.09. The van der Waals surface area contributed by atoms with E-state index in [4.69, 9.17) is 28.5 Å². The minimum atomic E-state index is 0.258. The fraction of sp³-hybridized carbons (Fsp3) is 0.0833. The number of nitrogens with zero attached hydrogens (tertiary/aromatic N) is 3. The van der Waals surface area contributed by atoms with E-state index >= 15 is 0 Å². The standard InChI is InChI=1S/C12H8Cl2N4/c1-7-2-10(14)11(3-9(7)13)18-12-6-16-8(4-15)5-17-12/h2-3,5-6H,1H3,(H,17,18). The van der Waals surface area contributed by atoms with Gasteiger partial charge in [-0.1, -0.05) is 23.2 Å². The monoisotopic (exact) mass is 278 g/mol. The van der Waals surface area contributed by atoms with Crippen LogP contribution in [0.25, 0.3) is 0 Å². The number of nitrogens with one attached hydrogen (secondary N) is 1. The molecular formula is C12H8Cl2N4. The third-order valence-corrected chi connectivity index (χ3v) is 3.00. The second-order valence-corrected chi connectivity index (χ2v) is 4.42. The number of hydrogen-bond donors (Lipinski definition) is 1. The topological polar surface area (TPSA) is 61.6 Å². The fourth-order valence-electron chi connectivity index (χ4n) is 1.33. The molecule has 0 fully saturated rings. The first-order valence-electron chi connectivity index (χ1n) is 5.05. The molecule has 1 aromatic heterocycles. The van der Waals surface area contributed by atoms with Crippen LogP contribution in [0.1, 0.15) is 11.3 Å². The summed E-state index contributed by atoms with van der Waals surface area (Å²) in [5.74, 6) is 0.496. The predicted octanol–water partition coefficient (Wildman–Crippen LogP) is 3.71. The van der Waals surface area contributed by atoms with Crippen LogP contribution >= 0.6 is 23.2 Å². The van der Waals surface area contributed by atoms with Crippen LogP contribution in [0.5, 0.6) is 0 Å². The molecule has 2 aromatic rings. The van der Waals surface area contributed by atoms with Gasteiger partial charge < -0.3 is 5.32 Å². The smallest absolute Gasteiger partial charge is 0.158 e. The Morgan fingerprint density at radius 3 is 2.56 bits per heavy atom. The van der Waals surface area contributed by atoms with Gasteiger partial charge in [0.25, 0.3) is 0 Å². The first-order chi connectivity index (χ1) is 8.60. The highest BCUT2D eigenvalue weighted by molar-refractivity contribution is 6.35. The minimum Gasteiger partial charge on any atom is -0.338 e. The van der Waals surface area contributed by atoms with Gasteiger partial charge in [-0.2, -0.15) is 5.26 Å². The maximum absolute atomic E-state index is 8.62. The van der Waals surface area contributed by atoms with Gasteiger partial charge in [0.2, 0.25) is 0 Å². The molecule has 0 aliphatic carbocycles. The Bertz CT molecular complexity index is 617. The molecule has 0 bridgehead atoms. The molecule has 0 saturated heterocycles. The van der Waals surface area contributed by atoms with Crippen molar-refractivity contribution in [3.05, 3.63) is 45.8 Å². The van der Waals surface area contributed by atoms with Gasteiger partial charge in [0, 0.05) is 5.02 Å². The summed E-state index contributed by atoms with van der Waals surface area (Å²) in [6.45, 7) is 1.87. The summed E-state index contributed by atoms with van der Waals surface area (Å²) >= 11 is 12.1. The maximum atomic E-state index is 8.62. The Balaban J connectivity index is 2.28. The van der Waals surface area contributed by atoms with Gasteiger partial charge in [-0.15, -0.1) is 0 Å². The molecule has 0 amide bonds. The quantitative estimate of drug-likeness (QED) is 0.910. The lowest BCUT2D eigenvalue weighted by atomic mass is 10.2. The lowest BCUT2D eigenvalue weighted by Crippen LogP contribution is -1.96. The maximum Gasteiger partial charge on any atom is 0.158 e. The average molecular weight is 279 g/mol. The van der Waals surface area contributed by atoms with Gasteiger partial charge in [-0.25, -0.2) is 9.97 Å². The van der Waals surface area contributed by atoms with E-state index in [1.54, 1.807) is 12.1 Å². The number of aryl methyl sites for hydroxylation is 1. The average Bonchev–Trinajstić information content (AvgIpc) is 2.37. The van der Waals surface area contributed by atoms with E-state index in [-0.39, 0.29) is 5.69 Å². The second-order valence-electron chi connectivity index (χ2n) is 3.60. The summed E-state index contributed by atoms with van der Waals surface area (Å²) in [6.07, 6.45) is 2.84. The van der Waals surface area contributed by atoms with Crippen molar-refractivity contribution >= 4 is 34.7 Å². The normalized spacial score (nSPS) is 9.89. The van der Waals surface area contributed by atoms with E-state index in [9.17, 15) is 0 Å². The molecule has 1 aromatic carbocycles. The van der Waals surface area contributed by atoms with Crippen molar-refractivity contribution in [1.29, 1.82) is 5.26 Å². The van der Waals surface area contributed by atoms with Crippen LogP contribution in [0.2, 0.25) is 10.0 Å². The molecule has 1 N–H and O–H groups in total. The molecule has 0 unspecified atom stereocenters. The Morgan fingerprint density at radius 1 is 1.17 bits per heavy atom. The summed E-state index contributed by atoms with van der Waals surface area (Å²) < 4.78 is 0. The van der Waals surface area contributed by atoms with Crippen LogP contribution in [-0.4, -0.2) is 9.97 Å². The highest BCUT2D eigenvalue weighted by Gasteiger charge is 2.06. The zero-order chi connectivity index (χ0) is 13.1. The number of nitriles is 1. The first-order valence-corrected chi connectivity index (χ1v) is 5.80. The fourth-order valence-corrected chi connectivity index (χ4v) is 1.76. The van der Waals surface area contributed by atoms with Crippen molar-refractivity contribution in [3.63, 3.8) is 0 Å². The molecule has 0 atom stereocenters. The van der Waals surface area contributed by atoms with Crippen molar-refractivity contribution in [2.75, 3.05) is 5.32 Å². The number of halogens is 2. The number of hydrogen-bond acceptors (Lipinski definition) is 4. The van der Waals surface area contributed by atoms with Crippen LogP contribution in [0.15, 0.2) is 24.5 Å². The lowest BCUT2D eigenvalue weighted by molar-refractivity contribution is 1.16. The van der Waals surface area contributed by atoms with Crippen molar-refractivity contribution in [1.82, 2.24) is 9.97 Å². The molecule has 18 heavy (non-hydrogen) atoms. The summed E-state index contributed by atoms with van der Waals surface area (Å²) in [4.78, 5) is 7.94. The molecule has 0 spiro atoms. The molecule has 0 aliphatic rings. The molecule has 4 nitrogen and oxygen atoms in total. The summed E-state index contributed by atoms with van der Waals surface area (Å²) in [5.41, 5.74) is 1.80. The molecule has 1 heterocycles. The Morgan fingerprint density at radius 2 is 1.94 bits per heavy atom. The molecule has 0 saturated carbocycles. The van der Waals surface area contributed by atoms with Crippen molar-refractivity contribution in [2.24, 2.45) is 0 Å². The molecule has 0 aliphatic heterocycles. The Labute approximate surface area is 114 Å². The third kappa shape index (κ3) is 2.70. The SMILES string of the molecule is Cc1cc(Cl)c(Nc2cnc(C#N)cn2)cc1Cl. The zero-order valence-electron chi connectivity index (χ0n) is 9.41. The van der Waals surface area contributed by atoms with Gasteiger partial charge in [0.1, 0.15) is 11.9 Å². The van der Waals surface area contributed by atoms with E-state index in [1.807, 2.05) is 13.0 Å². The van der Waals surface area contributed by atoms with Gasteiger partial charge in [-0.05, 0) is 24.6 Å². The van der Waals surface area contributed by atoms with E-state index in [2.05, 4.69) is 15.3 Å². The predicted molar refractivity (Wildman–Crippen MR) is 71.2 cm³/mol. The van der Waals surface area contributed by atoms with Crippen molar-refractivity contribution in [2.45, 2.75) is 6.92 Å². The largest absolute Gasteiger partial charge is 0.338 e. The third-order valence-electron chi connectivity index (χ3n) is 2.28. The molecular weight excluding hydrogens is 271 g/mol. The summed E-state index contributed by atoms with van der Waals surface area (Å²) in [6, 6.07) is 5.39. The Hall–Kier alpha value is -1.83. The van der Waals surface area contributed by atoms with E-state index in [1.165, 1.54) is 12.4 Å². The number of anilines is 2. The molecule has 6 heteroatoms. The molecule has 90 valence electrons. The highest BCUT2D eigenvalue weighted by Crippen LogP contribution is 2.30. The second kappa shape index (κ2) is 5.21. The Kier molecular flexibility index (Phi) is 3.66. The minimum absolute atomic E-state index is 0.258. The molecule has 0 radical (unpaired) electrons. The number of rotatable bonds is 2. The van der Waals surface area contributed by atoms with Crippen molar-refractivity contribution < 1.29 is 0 Å². The van der Waals surface area contributed by atoms with Gasteiger partial charge >= 0.3 is 0 Å². The zero-order valence-corrected chi connectivity index (χ0v) is 10.9. The van der Waals surface area contributed by atoms with Crippen LogP contribution in [0, 0.1) is 18.3 Å². The number of benzene rings is 1. The van der Waals surface area contributed by atoms with Gasteiger partial charge in [0.15, 0.2) is 5.69 Å². The first kappa shape index (κ1) is 12.6. The number of aromatic nitrogens is 2. The summed E-state index contributed by atoms with van der Waals surface area (Å²) in [7, 11) is 0. The van der Waals surface area contributed by atoms with Crippen LogP contribution in [0.3, 0.4) is 0 Å². The van der Waals surface area contributed by atoms with E-state index < -0.39 is 0 Å².